The van der Waals surface area contributed by atoms with Gasteiger partial charge in [0.2, 0.25) is 0 Å². The van der Waals surface area contributed by atoms with Gasteiger partial charge in [0.1, 0.15) is 18.9 Å². The molecule has 0 amide bonds. The number of aromatic nitrogens is 2. The fraction of sp³-hybridized carbons (Fsp3) is 0.438. The number of imidazole rings is 1. The summed E-state index contributed by atoms with van der Waals surface area (Å²) in [6.45, 7) is 0.169. The number of hydrogen-bond donors (Lipinski definition) is 0. The second-order valence-corrected chi connectivity index (χ2v) is 5.91. The number of halogens is 3. The van der Waals surface area contributed by atoms with Crippen molar-refractivity contribution in [2.45, 2.75) is 25.6 Å². The van der Waals surface area contributed by atoms with E-state index in [-0.39, 0.29) is 44.1 Å². The highest BCUT2D eigenvalue weighted by atomic mass is 19.4. The molecule has 0 saturated heterocycles. The van der Waals surface area contributed by atoms with Crippen molar-refractivity contribution in [3.8, 4) is 17.5 Å². The largest absolute Gasteiger partial charge is 0.573 e. The number of methoxy groups -OCH3 is 1. The van der Waals surface area contributed by atoms with Crippen molar-refractivity contribution in [1.82, 2.24) is 9.55 Å². The van der Waals surface area contributed by atoms with Crippen molar-refractivity contribution >= 4 is 5.82 Å². The van der Waals surface area contributed by atoms with Crippen LogP contribution in [0.2, 0.25) is 0 Å². The zero-order valence-electron chi connectivity index (χ0n) is 15.0. The van der Waals surface area contributed by atoms with Gasteiger partial charge in [-0.3, -0.25) is 4.57 Å². The summed E-state index contributed by atoms with van der Waals surface area (Å²) in [7, 11) is 1.33. The van der Waals surface area contributed by atoms with Crippen LogP contribution in [0.25, 0.3) is 0 Å². The Morgan fingerprint density at radius 3 is 2.86 bits per heavy atom. The normalized spacial score (nSPS) is 16.1. The molecular formula is C16H16F3N3O7. The SMILES string of the molecule is COCOc1cc(CO[C@@H]2COc3nc([N+](=O)[O-])cn3C2)ccc1OC(F)(F)F. The first kappa shape index (κ1) is 20.7. The highest BCUT2D eigenvalue weighted by Gasteiger charge is 2.33. The molecule has 1 aliphatic rings. The van der Waals surface area contributed by atoms with Gasteiger partial charge in [-0.2, -0.15) is 0 Å². The molecule has 0 aliphatic carbocycles. The maximum Gasteiger partial charge on any atom is 0.573 e. The summed E-state index contributed by atoms with van der Waals surface area (Å²) < 4.78 is 63.8. The summed E-state index contributed by atoms with van der Waals surface area (Å²) in [5, 5.41) is 10.8. The Bertz CT molecular complexity index is 872. The molecule has 158 valence electrons. The summed E-state index contributed by atoms with van der Waals surface area (Å²) >= 11 is 0. The standard InChI is InChI=1S/C16H16F3N3O7/c1-25-9-28-13-4-10(2-3-12(13)29-16(17,18)19)7-26-11-5-21-6-14(22(23)24)20-15(21)27-8-11/h2-4,6,11H,5,7-9H2,1H3/t11-/m0/s1. The van der Waals surface area contributed by atoms with Gasteiger partial charge in [-0.1, -0.05) is 6.07 Å². The minimum Gasteiger partial charge on any atom is -0.464 e. The van der Waals surface area contributed by atoms with E-state index in [2.05, 4.69) is 9.72 Å². The van der Waals surface area contributed by atoms with Crippen LogP contribution in [-0.4, -0.2) is 47.5 Å². The Balaban J connectivity index is 1.64. The van der Waals surface area contributed by atoms with Gasteiger partial charge in [0, 0.05) is 12.1 Å². The van der Waals surface area contributed by atoms with Gasteiger partial charge in [-0.15, -0.1) is 13.2 Å². The van der Waals surface area contributed by atoms with Gasteiger partial charge in [-0.05, 0) is 22.6 Å². The Labute approximate surface area is 161 Å². The number of hydrogen-bond acceptors (Lipinski definition) is 8. The van der Waals surface area contributed by atoms with Crippen LogP contribution < -0.4 is 14.2 Å². The molecule has 1 aromatic carbocycles. The van der Waals surface area contributed by atoms with E-state index in [1.54, 1.807) is 0 Å². The molecular weight excluding hydrogens is 403 g/mol. The smallest absolute Gasteiger partial charge is 0.464 e. The summed E-state index contributed by atoms with van der Waals surface area (Å²) in [5.74, 6) is -0.992. The second kappa shape index (κ2) is 8.53. The summed E-state index contributed by atoms with van der Waals surface area (Å²) in [6.07, 6.45) is -4.07. The van der Waals surface area contributed by atoms with Crippen LogP contribution in [-0.2, 0) is 22.6 Å². The topological polar surface area (TPSA) is 107 Å². The van der Waals surface area contributed by atoms with Crippen LogP contribution in [0.4, 0.5) is 19.0 Å². The number of ether oxygens (including phenoxy) is 5. The molecule has 3 rings (SSSR count). The predicted molar refractivity (Wildman–Crippen MR) is 88.6 cm³/mol. The second-order valence-electron chi connectivity index (χ2n) is 5.91. The minimum atomic E-state index is -4.87. The number of alkyl halides is 3. The maximum absolute atomic E-state index is 12.5. The molecule has 0 N–H and O–H groups in total. The lowest BCUT2D eigenvalue weighted by molar-refractivity contribution is -0.389. The molecule has 0 unspecified atom stereocenters. The van der Waals surface area contributed by atoms with E-state index in [9.17, 15) is 23.3 Å². The Hall–Kier alpha value is -3.06. The van der Waals surface area contributed by atoms with Crippen LogP contribution in [0.3, 0.4) is 0 Å². The van der Waals surface area contributed by atoms with Gasteiger partial charge in [0.05, 0.1) is 13.2 Å². The van der Waals surface area contributed by atoms with E-state index in [1.165, 1.54) is 30.0 Å². The van der Waals surface area contributed by atoms with Crippen LogP contribution >= 0.6 is 0 Å². The Morgan fingerprint density at radius 2 is 2.17 bits per heavy atom. The van der Waals surface area contributed by atoms with Gasteiger partial charge in [0.25, 0.3) is 0 Å². The van der Waals surface area contributed by atoms with Crippen LogP contribution in [0.15, 0.2) is 24.4 Å². The van der Waals surface area contributed by atoms with Crippen molar-refractivity contribution in [3.63, 3.8) is 0 Å². The zero-order valence-corrected chi connectivity index (χ0v) is 15.0. The van der Waals surface area contributed by atoms with E-state index in [4.69, 9.17) is 18.9 Å². The molecule has 13 heteroatoms. The van der Waals surface area contributed by atoms with Crippen molar-refractivity contribution in [1.29, 1.82) is 0 Å². The van der Waals surface area contributed by atoms with Crippen molar-refractivity contribution in [2.75, 3.05) is 20.5 Å². The molecule has 0 bridgehead atoms. The molecule has 1 atom stereocenters. The minimum absolute atomic E-state index is 0.0375. The molecule has 0 fully saturated rings. The summed E-state index contributed by atoms with van der Waals surface area (Å²) in [4.78, 5) is 13.9. The summed E-state index contributed by atoms with van der Waals surface area (Å²) in [6, 6.07) is 3.99. The maximum atomic E-state index is 12.5. The first-order valence-corrected chi connectivity index (χ1v) is 8.21. The van der Waals surface area contributed by atoms with E-state index in [0.29, 0.717) is 5.56 Å². The van der Waals surface area contributed by atoms with Gasteiger partial charge in [0.15, 0.2) is 18.3 Å². The Kier molecular flexibility index (Phi) is 6.08. The van der Waals surface area contributed by atoms with Crippen molar-refractivity contribution < 1.29 is 41.8 Å². The van der Waals surface area contributed by atoms with Crippen LogP contribution in [0, 0.1) is 10.1 Å². The molecule has 29 heavy (non-hydrogen) atoms. The highest BCUT2D eigenvalue weighted by molar-refractivity contribution is 5.43. The van der Waals surface area contributed by atoms with Crippen LogP contribution in [0.5, 0.6) is 17.5 Å². The van der Waals surface area contributed by atoms with E-state index >= 15 is 0 Å². The van der Waals surface area contributed by atoms with Crippen molar-refractivity contribution in [2.24, 2.45) is 0 Å². The predicted octanol–water partition coefficient (Wildman–Crippen LogP) is 2.65. The van der Waals surface area contributed by atoms with E-state index in [1.807, 2.05) is 0 Å². The first-order valence-electron chi connectivity index (χ1n) is 8.21. The number of fused-ring (bicyclic) bond motifs is 1. The first-order chi connectivity index (χ1) is 13.7. The zero-order chi connectivity index (χ0) is 21.0. The van der Waals surface area contributed by atoms with E-state index in [0.717, 1.165) is 6.07 Å². The lowest BCUT2D eigenvalue weighted by Gasteiger charge is -2.22. The molecule has 10 nitrogen and oxygen atoms in total. The fourth-order valence-corrected chi connectivity index (χ4v) is 2.56. The number of nitro groups is 1. The Morgan fingerprint density at radius 1 is 1.38 bits per heavy atom. The number of rotatable bonds is 8. The third-order valence-corrected chi connectivity index (χ3v) is 3.76. The fourth-order valence-electron chi connectivity index (χ4n) is 2.56. The molecule has 0 saturated carbocycles. The van der Waals surface area contributed by atoms with Crippen LogP contribution in [0.1, 0.15) is 5.56 Å². The monoisotopic (exact) mass is 419 g/mol. The van der Waals surface area contributed by atoms with Gasteiger partial charge >= 0.3 is 18.2 Å². The third kappa shape index (κ3) is 5.48. The highest BCUT2D eigenvalue weighted by Crippen LogP contribution is 2.33. The average Bonchev–Trinajstić information content (AvgIpc) is 3.08. The summed E-state index contributed by atoms with van der Waals surface area (Å²) in [5.41, 5.74) is 0.521. The van der Waals surface area contributed by atoms with Gasteiger partial charge < -0.3 is 33.8 Å². The quantitative estimate of drug-likeness (QED) is 0.365. The number of nitrogens with zero attached hydrogens (tertiary/aromatic N) is 3. The van der Waals surface area contributed by atoms with Gasteiger partial charge in [-0.25, -0.2) is 0 Å². The lowest BCUT2D eigenvalue weighted by Crippen LogP contribution is -2.32. The molecule has 2 heterocycles. The van der Waals surface area contributed by atoms with E-state index < -0.39 is 23.1 Å². The molecule has 0 spiro atoms. The number of benzene rings is 1. The molecule has 1 aromatic heterocycles. The molecule has 2 aromatic rings. The van der Waals surface area contributed by atoms with Crippen molar-refractivity contribution in [3.05, 3.63) is 40.1 Å². The third-order valence-electron chi connectivity index (χ3n) is 3.76. The molecule has 0 radical (unpaired) electrons. The lowest BCUT2D eigenvalue weighted by atomic mass is 10.2. The molecule has 1 aliphatic heterocycles. The average molecular weight is 419 g/mol.